The summed E-state index contributed by atoms with van der Waals surface area (Å²) in [7, 11) is 0. The third kappa shape index (κ3) is 3.77. The Morgan fingerprint density at radius 3 is 2.62 bits per heavy atom. The fraction of sp³-hybridized carbons (Fsp3) is 0.476. The quantitative estimate of drug-likeness (QED) is 0.702. The molecule has 7 nitrogen and oxygen atoms in total. The van der Waals surface area contributed by atoms with E-state index in [1.165, 1.54) is 4.90 Å². The number of benzene rings is 1. The van der Waals surface area contributed by atoms with E-state index in [4.69, 9.17) is 0 Å². The summed E-state index contributed by atoms with van der Waals surface area (Å²) in [5, 5.41) is 14.2. The Balaban J connectivity index is 1.80. The first-order valence-corrected chi connectivity index (χ1v) is 10.8. The second-order valence-corrected chi connectivity index (χ2v) is 9.22. The molecular weight excluding hydrogens is 436 g/mol. The number of fused-ring (bicyclic) bond motifs is 1. The predicted molar refractivity (Wildman–Crippen MR) is 115 cm³/mol. The van der Waals surface area contributed by atoms with Crippen molar-refractivity contribution in [2.75, 3.05) is 16.3 Å². The molecule has 1 atom stereocenters. The summed E-state index contributed by atoms with van der Waals surface area (Å²) >= 11 is 3.64. The van der Waals surface area contributed by atoms with Gasteiger partial charge in [-0.15, -0.1) is 0 Å². The van der Waals surface area contributed by atoms with Crippen LogP contribution >= 0.6 is 15.9 Å². The first-order chi connectivity index (χ1) is 13.8. The summed E-state index contributed by atoms with van der Waals surface area (Å²) < 4.78 is 2.78. The van der Waals surface area contributed by atoms with E-state index in [1.807, 2.05) is 50.0 Å². The van der Waals surface area contributed by atoms with E-state index in [0.717, 1.165) is 28.4 Å². The average molecular weight is 461 g/mol. The van der Waals surface area contributed by atoms with Gasteiger partial charge >= 0.3 is 6.09 Å². The topological polar surface area (TPSA) is 78.7 Å². The number of hydrogen-bond acceptors (Lipinski definition) is 3. The SMILES string of the molecule is CC(C)CC(=O)N1c2cc(Br)c(-c3cnn(C4CC4)c3)cc2N(C(=O)O)C[C@@H]1C. The molecule has 8 heteroatoms. The highest BCUT2D eigenvalue weighted by Gasteiger charge is 2.36. The van der Waals surface area contributed by atoms with Crippen molar-refractivity contribution in [1.82, 2.24) is 9.78 Å². The van der Waals surface area contributed by atoms with Gasteiger partial charge in [-0.1, -0.05) is 29.8 Å². The third-order valence-corrected chi connectivity index (χ3v) is 6.07. The van der Waals surface area contributed by atoms with Crippen LogP contribution in [-0.2, 0) is 4.79 Å². The summed E-state index contributed by atoms with van der Waals surface area (Å²) in [5.74, 6) is 0.242. The number of hydrogen-bond donors (Lipinski definition) is 1. The van der Waals surface area contributed by atoms with Crippen molar-refractivity contribution in [3.63, 3.8) is 0 Å². The molecule has 2 aromatic rings. The second kappa shape index (κ2) is 7.48. The molecule has 2 heterocycles. The smallest absolute Gasteiger partial charge is 0.411 e. The number of carbonyl (C=O) groups excluding carboxylic acids is 1. The Hall–Kier alpha value is -2.35. The van der Waals surface area contributed by atoms with Gasteiger partial charge in [0.15, 0.2) is 0 Å². The lowest BCUT2D eigenvalue weighted by Gasteiger charge is -2.40. The van der Waals surface area contributed by atoms with Gasteiger partial charge in [0.2, 0.25) is 5.91 Å². The van der Waals surface area contributed by atoms with Crippen molar-refractivity contribution < 1.29 is 14.7 Å². The van der Waals surface area contributed by atoms with Crippen LogP contribution in [0.2, 0.25) is 0 Å². The summed E-state index contributed by atoms with van der Waals surface area (Å²) in [6.07, 6.45) is 5.50. The molecule has 154 valence electrons. The van der Waals surface area contributed by atoms with E-state index in [0.29, 0.717) is 23.8 Å². The number of nitrogens with zero attached hydrogens (tertiary/aromatic N) is 4. The van der Waals surface area contributed by atoms with Crippen molar-refractivity contribution in [3.8, 4) is 11.1 Å². The standard InChI is InChI=1S/C21H25BrN4O3/c1-12(2)6-20(27)26-13(3)10-24(21(28)29)18-7-16(17(22)8-19(18)26)14-9-23-25(11-14)15-4-5-15/h7-9,11-13,15H,4-6,10H2,1-3H3,(H,28,29)/t13-/m0/s1. The molecule has 1 aromatic heterocycles. The van der Waals surface area contributed by atoms with Gasteiger partial charge in [-0.05, 0) is 37.8 Å². The van der Waals surface area contributed by atoms with Crippen LogP contribution < -0.4 is 9.80 Å². The molecule has 0 bridgehead atoms. The highest BCUT2D eigenvalue weighted by atomic mass is 79.9. The van der Waals surface area contributed by atoms with Gasteiger partial charge < -0.3 is 10.0 Å². The third-order valence-electron chi connectivity index (χ3n) is 5.42. The molecule has 1 fully saturated rings. The maximum absolute atomic E-state index is 12.9. The summed E-state index contributed by atoms with van der Waals surface area (Å²) in [4.78, 5) is 28.0. The van der Waals surface area contributed by atoms with Crippen molar-refractivity contribution >= 4 is 39.3 Å². The first-order valence-electron chi connectivity index (χ1n) is 9.96. The van der Waals surface area contributed by atoms with Gasteiger partial charge in [-0.25, -0.2) is 4.79 Å². The van der Waals surface area contributed by atoms with E-state index < -0.39 is 6.09 Å². The summed E-state index contributed by atoms with van der Waals surface area (Å²) in [6.45, 7) is 6.15. The fourth-order valence-corrected chi connectivity index (χ4v) is 4.45. The predicted octanol–water partition coefficient (Wildman–Crippen LogP) is 4.91. The zero-order chi connectivity index (χ0) is 20.9. The van der Waals surface area contributed by atoms with Crippen LogP contribution in [0.15, 0.2) is 29.0 Å². The van der Waals surface area contributed by atoms with Crippen molar-refractivity contribution in [2.24, 2.45) is 5.92 Å². The van der Waals surface area contributed by atoms with Crippen molar-refractivity contribution in [2.45, 2.75) is 52.1 Å². The Morgan fingerprint density at radius 1 is 1.28 bits per heavy atom. The molecule has 2 amide bonds. The van der Waals surface area contributed by atoms with Gasteiger partial charge in [0.05, 0.1) is 29.7 Å². The maximum atomic E-state index is 12.9. The highest BCUT2D eigenvalue weighted by molar-refractivity contribution is 9.10. The van der Waals surface area contributed by atoms with E-state index in [-0.39, 0.29) is 24.4 Å². The Labute approximate surface area is 178 Å². The van der Waals surface area contributed by atoms with E-state index >= 15 is 0 Å². The number of aromatic nitrogens is 2. The molecule has 1 aliphatic carbocycles. The number of carboxylic acid groups (broad SMARTS) is 1. The molecule has 29 heavy (non-hydrogen) atoms. The number of halogens is 1. The van der Waals surface area contributed by atoms with Crippen LogP contribution in [0.4, 0.5) is 16.2 Å². The molecular formula is C21H25BrN4O3. The number of anilines is 2. The van der Waals surface area contributed by atoms with Gasteiger partial charge in [0.1, 0.15) is 0 Å². The summed E-state index contributed by atoms with van der Waals surface area (Å²) in [6, 6.07) is 3.95. The molecule has 0 spiro atoms. The van der Waals surface area contributed by atoms with E-state index in [2.05, 4.69) is 21.0 Å². The number of carbonyl (C=O) groups is 2. The second-order valence-electron chi connectivity index (χ2n) is 8.36. The zero-order valence-electron chi connectivity index (χ0n) is 16.8. The average Bonchev–Trinajstić information content (AvgIpc) is 3.37. The molecule has 1 aliphatic heterocycles. The van der Waals surface area contributed by atoms with E-state index in [1.54, 1.807) is 4.90 Å². The lowest BCUT2D eigenvalue weighted by molar-refractivity contribution is -0.119. The zero-order valence-corrected chi connectivity index (χ0v) is 18.4. The monoisotopic (exact) mass is 460 g/mol. The van der Waals surface area contributed by atoms with Crippen molar-refractivity contribution in [1.29, 1.82) is 0 Å². The Kier molecular flexibility index (Phi) is 5.14. The molecule has 1 N–H and O–H groups in total. The number of rotatable bonds is 4. The maximum Gasteiger partial charge on any atom is 0.411 e. The first kappa shape index (κ1) is 19.9. The van der Waals surface area contributed by atoms with E-state index in [9.17, 15) is 14.7 Å². The molecule has 0 saturated heterocycles. The van der Waals surface area contributed by atoms with Crippen LogP contribution in [0.3, 0.4) is 0 Å². The molecule has 4 rings (SSSR count). The summed E-state index contributed by atoms with van der Waals surface area (Å²) in [5.41, 5.74) is 2.95. The number of amides is 2. The van der Waals surface area contributed by atoms with Gasteiger partial charge in [0, 0.05) is 34.8 Å². The Bertz CT molecular complexity index is 967. The van der Waals surface area contributed by atoms with Crippen LogP contribution in [0, 0.1) is 5.92 Å². The minimum absolute atomic E-state index is 0.0139. The van der Waals surface area contributed by atoms with Crippen molar-refractivity contribution in [3.05, 3.63) is 29.0 Å². The minimum atomic E-state index is -1.02. The fourth-order valence-electron chi connectivity index (χ4n) is 3.89. The lowest BCUT2D eigenvalue weighted by Crippen LogP contribution is -2.52. The van der Waals surface area contributed by atoms with Crippen LogP contribution in [0.5, 0.6) is 0 Å². The van der Waals surface area contributed by atoms with Gasteiger partial charge in [0.25, 0.3) is 0 Å². The Morgan fingerprint density at radius 2 is 2.00 bits per heavy atom. The molecule has 2 aliphatic rings. The van der Waals surface area contributed by atoms with Gasteiger partial charge in [-0.2, -0.15) is 5.10 Å². The molecule has 1 aromatic carbocycles. The minimum Gasteiger partial charge on any atom is -0.465 e. The van der Waals surface area contributed by atoms with Crippen LogP contribution in [0.25, 0.3) is 11.1 Å². The van der Waals surface area contributed by atoms with Crippen LogP contribution in [-0.4, -0.2) is 39.5 Å². The lowest BCUT2D eigenvalue weighted by atomic mass is 10.0. The highest BCUT2D eigenvalue weighted by Crippen LogP contribution is 2.44. The normalized spacial score (nSPS) is 18.9. The van der Waals surface area contributed by atoms with Gasteiger partial charge in [-0.3, -0.25) is 14.4 Å². The largest absolute Gasteiger partial charge is 0.465 e. The molecule has 0 radical (unpaired) electrons. The molecule has 0 unspecified atom stereocenters. The van der Waals surface area contributed by atoms with Crippen LogP contribution in [0.1, 0.15) is 46.1 Å². The molecule has 1 saturated carbocycles.